The Morgan fingerprint density at radius 1 is 1.31 bits per heavy atom. The van der Waals surface area contributed by atoms with Crippen LogP contribution in [-0.4, -0.2) is 27.0 Å². The summed E-state index contributed by atoms with van der Waals surface area (Å²) in [5, 5.41) is 20.3. The van der Waals surface area contributed by atoms with Gasteiger partial charge in [-0.3, -0.25) is 4.79 Å². The molecule has 29 heavy (non-hydrogen) atoms. The van der Waals surface area contributed by atoms with Gasteiger partial charge in [0, 0.05) is 17.0 Å². The summed E-state index contributed by atoms with van der Waals surface area (Å²) < 4.78 is 41.9. The minimum atomic E-state index is -4.56. The summed E-state index contributed by atoms with van der Waals surface area (Å²) in [6.07, 6.45) is -4.83. The van der Waals surface area contributed by atoms with Gasteiger partial charge < -0.3 is 15.7 Å². The fourth-order valence-corrected chi connectivity index (χ4v) is 4.20. The van der Waals surface area contributed by atoms with Crippen molar-refractivity contribution in [3.63, 3.8) is 0 Å². The highest BCUT2D eigenvalue weighted by Gasteiger charge is 2.48. The fourth-order valence-electron chi connectivity index (χ4n) is 3.15. The molecule has 1 aromatic carbocycles. The van der Waals surface area contributed by atoms with Crippen LogP contribution < -0.4 is 10.6 Å². The number of rotatable bonds is 3. The first-order valence-corrected chi connectivity index (χ1v) is 9.75. The number of alkyl halides is 3. The van der Waals surface area contributed by atoms with E-state index in [0.717, 1.165) is 9.56 Å². The summed E-state index contributed by atoms with van der Waals surface area (Å²) in [6, 6.07) is 6.60. The molecular weight excluding hydrogens is 429 g/mol. The van der Waals surface area contributed by atoms with Crippen LogP contribution in [0.5, 0.6) is 5.75 Å². The fraction of sp³-hybridized carbons (Fsp3) is 0.222. The van der Waals surface area contributed by atoms with E-state index in [1.165, 1.54) is 35.6 Å². The second-order valence-corrected chi connectivity index (χ2v) is 7.82. The molecule has 3 heterocycles. The van der Waals surface area contributed by atoms with Crippen LogP contribution in [0.3, 0.4) is 0 Å². The van der Waals surface area contributed by atoms with Crippen molar-refractivity contribution in [1.82, 2.24) is 9.78 Å². The maximum absolute atomic E-state index is 13.7. The van der Waals surface area contributed by atoms with Gasteiger partial charge in [-0.1, -0.05) is 17.7 Å². The molecule has 2 atom stereocenters. The number of halogens is 4. The summed E-state index contributed by atoms with van der Waals surface area (Å²) in [7, 11) is 0. The van der Waals surface area contributed by atoms with Gasteiger partial charge in [0.1, 0.15) is 16.6 Å². The molecule has 1 aliphatic heterocycles. The van der Waals surface area contributed by atoms with E-state index in [2.05, 4.69) is 15.7 Å². The molecule has 6 nitrogen and oxygen atoms in total. The van der Waals surface area contributed by atoms with Gasteiger partial charge in [0.15, 0.2) is 11.7 Å². The lowest BCUT2D eigenvalue weighted by atomic mass is 10.0. The third-order valence-electron chi connectivity index (χ3n) is 4.52. The molecule has 0 bridgehead atoms. The van der Waals surface area contributed by atoms with Gasteiger partial charge >= 0.3 is 6.18 Å². The first-order chi connectivity index (χ1) is 13.7. The zero-order valence-electron chi connectivity index (χ0n) is 14.6. The number of nitrogens with one attached hydrogen (secondary N) is 2. The molecule has 0 unspecified atom stereocenters. The number of carbonyl (C=O) groups is 1. The predicted molar refractivity (Wildman–Crippen MR) is 104 cm³/mol. The number of benzene rings is 1. The lowest BCUT2D eigenvalue weighted by Gasteiger charge is -2.32. The summed E-state index contributed by atoms with van der Waals surface area (Å²) in [5.41, 5.74) is 0.0231. The quantitative estimate of drug-likeness (QED) is 0.486. The lowest BCUT2D eigenvalue weighted by Crippen LogP contribution is -2.35. The Morgan fingerprint density at radius 3 is 2.66 bits per heavy atom. The van der Waals surface area contributed by atoms with Crippen molar-refractivity contribution < 1.29 is 23.1 Å². The monoisotopic (exact) mass is 442 g/mol. The van der Waals surface area contributed by atoms with Crippen LogP contribution in [0.2, 0.25) is 5.02 Å². The summed E-state index contributed by atoms with van der Waals surface area (Å²) in [5.74, 6) is -0.789. The SMILES string of the molecule is O=C(Nc1ccc(O)cc1)c1nn2c(c1Cl)N[C@@H](c1cccs1)C[C@@H]2C(F)(F)F. The van der Waals surface area contributed by atoms with Crippen LogP contribution in [0.15, 0.2) is 41.8 Å². The number of carbonyl (C=O) groups excluding carboxylic acids is 1. The van der Waals surface area contributed by atoms with Gasteiger partial charge in [-0.25, -0.2) is 4.68 Å². The number of phenols is 1. The van der Waals surface area contributed by atoms with Gasteiger partial charge in [-0.15, -0.1) is 11.3 Å². The molecule has 1 amide bonds. The molecule has 3 aromatic rings. The minimum absolute atomic E-state index is 0.00956. The molecule has 0 saturated carbocycles. The highest BCUT2D eigenvalue weighted by molar-refractivity contribution is 7.10. The van der Waals surface area contributed by atoms with Crippen molar-refractivity contribution in [3.8, 4) is 5.75 Å². The first kappa shape index (κ1) is 19.6. The third-order valence-corrected chi connectivity index (χ3v) is 5.87. The topological polar surface area (TPSA) is 79.2 Å². The van der Waals surface area contributed by atoms with E-state index in [1.807, 2.05) is 0 Å². The van der Waals surface area contributed by atoms with E-state index in [1.54, 1.807) is 17.5 Å². The maximum atomic E-state index is 13.7. The number of phenolic OH excluding ortho intramolecular Hbond substituents is 1. The van der Waals surface area contributed by atoms with Crippen LogP contribution in [0.4, 0.5) is 24.7 Å². The standard InChI is InChI=1S/C18H14ClF3N4O2S/c19-14-15(17(28)23-9-3-5-10(27)6-4-9)25-26-13(18(20,21)22)8-11(24-16(14)26)12-2-1-7-29-12/h1-7,11,13,24,27H,8H2,(H,23,28)/t11-,13-/m1/s1. The number of thiophene rings is 1. The Morgan fingerprint density at radius 2 is 2.03 bits per heavy atom. The first-order valence-electron chi connectivity index (χ1n) is 8.49. The van der Waals surface area contributed by atoms with Crippen LogP contribution >= 0.6 is 22.9 Å². The average Bonchev–Trinajstić information content (AvgIpc) is 3.31. The predicted octanol–water partition coefficient (Wildman–Crippen LogP) is 5.22. The van der Waals surface area contributed by atoms with Gasteiger partial charge in [0.05, 0.1) is 6.04 Å². The zero-order chi connectivity index (χ0) is 20.8. The second kappa shape index (κ2) is 7.27. The van der Waals surface area contributed by atoms with Crippen LogP contribution in [0, 0.1) is 0 Å². The zero-order valence-corrected chi connectivity index (χ0v) is 16.1. The van der Waals surface area contributed by atoms with E-state index in [4.69, 9.17) is 11.6 Å². The number of anilines is 2. The molecule has 0 fully saturated rings. The molecule has 1 aliphatic rings. The molecule has 152 valence electrons. The third kappa shape index (κ3) is 3.77. The minimum Gasteiger partial charge on any atom is -0.508 e. The number of amides is 1. The Hall–Kier alpha value is -2.72. The van der Waals surface area contributed by atoms with Crippen molar-refractivity contribution in [2.75, 3.05) is 10.6 Å². The summed E-state index contributed by atoms with van der Waals surface area (Å²) in [4.78, 5) is 13.3. The number of aromatic hydroxyl groups is 1. The molecule has 0 radical (unpaired) electrons. The van der Waals surface area contributed by atoms with Crippen LogP contribution in [0.1, 0.15) is 33.9 Å². The molecule has 0 saturated heterocycles. The normalized spacial score (nSPS) is 18.8. The number of hydrogen-bond acceptors (Lipinski definition) is 5. The van der Waals surface area contributed by atoms with Gasteiger partial charge in [0.25, 0.3) is 5.91 Å². The molecule has 11 heteroatoms. The highest BCUT2D eigenvalue weighted by Crippen LogP contribution is 2.46. The van der Waals surface area contributed by atoms with E-state index in [-0.39, 0.29) is 28.7 Å². The number of hydrogen-bond donors (Lipinski definition) is 3. The molecule has 2 aromatic heterocycles. The van der Waals surface area contributed by atoms with Gasteiger partial charge in [-0.05, 0) is 35.7 Å². The van der Waals surface area contributed by atoms with Crippen molar-refractivity contribution >= 4 is 40.4 Å². The maximum Gasteiger partial charge on any atom is 0.410 e. The Balaban J connectivity index is 1.69. The highest BCUT2D eigenvalue weighted by atomic mass is 35.5. The van der Waals surface area contributed by atoms with E-state index in [9.17, 15) is 23.1 Å². The molecule has 0 spiro atoms. The van der Waals surface area contributed by atoms with Crippen molar-refractivity contribution in [2.24, 2.45) is 0 Å². The van der Waals surface area contributed by atoms with Crippen molar-refractivity contribution in [1.29, 1.82) is 0 Å². The smallest absolute Gasteiger partial charge is 0.410 e. The van der Waals surface area contributed by atoms with E-state index in [0.29, 0.717) is 5.69 Å². The summed E-state index contributed by atoms with van der Waals surface area (Å²) in [6.45, 7) is 0. The molecule has 4 rings (SSSR count). The molecule has 0 aliphatic carbocycles. The van der Waals surface area contributed by atoms with Crippen LogP contribution in [-0.2, 0) is 0 Å². The van der Waals surface area contributed by atoms with E-state index < -0.39 is 24.2 Å². The Bertz CT molecular complexity index is 1030. The Kier molecular flexibility index (Phi) is 4.91. The lowest BCUT2D eigenvalue weighted by molar-refractivity contribution is -0.173. The number of aromatic nitrogens is 2. The number of fused-ring (bicyclic) bond motifs is 1. The number of nitrogens with zero attached hydrogens (tertiary/aromatic N) is 2. The average molecular weight is 443 g/mol. The van der Waals surface area contributed by atoms with Crippen molar-refractivity contribution in [3.05, 3.63) is 57.4 Å². The molecular formula is C18H14ClF3N4O2S. The second-order valence-electron chi connectivity index (χ2n) is 6.46. The molecule has 3 N–H and O–H groups in total. The largest absolute Gasteiger partial charge is 0.508 e. The summed E-state index contributed by atoms with van der Waals surface area (Å²) >= 11 is 7.60. The van der Waals surface area contributed by atoms with E-state index >= 15 is 0 Å². The Labute approximate surface area is 171 Å². The van der Waals surface area contributed by atoms with Gasteiger partial charge in [0.2, 0.25) is 0 Å². The van der Waals surface area contributed by atoms with Crippen LogP contribution in [0.25, 0.3) is 0 Å². The van der Waals surface area contributed by atoms with Crippen molar-refractivity contribution in [2.45, 2.75) is 24.7 Å². The van der Waals surface area contributed by atoms with Gasteiger partial charge in [-0.2, -0.15) is 18.3 Å².